The lowest BCUT2D eigenvalue weighted by Gasteiger charge is -2.15. The van der Waals surface area contributed by atoms with Gasteiger partial charge in [-0.25, -0.2) is 4.39 Å². The Labute approximate surface area is 135 Å². The molecule has 2 rings (SSSR count). The first-order chi connectivity index (χ1) is 10.9. The number of nitrogens with one attached hydrogen (secondary N) is 1. The van der Waals surface area contributed by atoms with Gasteiger partial charge in [0.15, 0.2) is 0 Å². The van der Waals surface area contributed by atoms with E-state index in [9.17, 15) is 4.39 Å². The Morgan fingerprint density at radius 3 is 2.57 bits per heavy atom. The second kappa shape index (κ2) is 7.13. The van der Waals surface area contributed by atoms with Crippen LogP contribution in [0.4, 0.5) is 10.1 Å². The van der Waals surface area contributed by atoms with E-state index in [1.54, 1.807) is 18.2 Å². The number of halogens is 1. The molecule has 2 aromatic rings. The molecule has 0 radical (unpaired) electrons. The molecular weight excluding hydrogens is 293 g/mol. The van der Waals surface area contributed by atoms with Crippen LogP contribution < -0.4 is 16.2 Å². The highest BCUT2D eigenvalue weighted by Crippen LogP contribution is 2.29. The van der Waals surface area contributed by atoms with Crippen molar-refractivity contribution in [2.75, 3.05) is 5.73 Å². The van der Waals surface area contributed by atoms with Crippen LogP contribution in [-0.2, 0) is 13.0 Å². The fourth-order valence-corrected chi connectivity index (χ4v) is 2.39. The SMILES string of the molecule is CC(C)Cc1cc(OCc2ccccc2F)c(N)c(C(=N)N)c1. The third-order valence-corrected chi connectivity index (χ3v) is 3.48. The van der Waals surface area contributed by atoms with Gasteiger partial charge in [-0.15, -0.1) is 0 Å². The van der Waals surface area contributed by atoms with Gasteiger partial charge in [0.2, 0.25) is 0 Å². The van der Waals surface area contributed by atoms with Crippen molar-refractivity contribution in [2.45, 2.75) is 26.9 Å². The predicted molar refractivity (Wildman–Crippen MR) is 91.1 cm³/mol. The molecule has 0 aliphatic carbocycles. The fraction of sp³-hybridized carbons (Fsp3) is 0.278. The van der Waals surface area contributed by atoms with E-state index in [2.05, 4.69) is 13.8 Å². The van der Waals surface area contributed by atoms with Crippen molar-refractivity contribution < 1.29 is 9.13 Å². The van der Waals surface area contributed by atoms with E-state index in [1.807, 2.05) is 12.1 Å². The molecule has 0 aliphatic heterocycles. The van der Waals surface area contributed by atoms with Crippen molar-refractivity contribution in [3.63, 3.8) is 0 Å². The molecule has 0 amide bonds. The number of ether oxygens (including phenoxy) is 1. The molecule has 23 heavy (non-hydrogen) atoms. The summed E-state index contributed by atoms with van der Waals surface area (Å²) in [6.45, 7) is 4.27. The maximum Gasteiger partial charge on any atom is 0.143 e. The molecule has 0 aliphatic rings. The molecule has 0 atom stereocenters. The molecule has 5 N–H and O–H groups in total. The standard InChI is InChI=1S/C18H22FN3O/c1-11(2)7-12-8-14(18(21)22)17(20)16(9-12)23-10-13-5-3-4-6-15(13)19/h3-6,8-9,11H,7,10,20H2,1-2H3,(H3,21,22). The Morgan fingerprint density at radius 1 is 1.26 bits per heavy atom. The first kappa shape index (κ1) is 16.8. The molecule has 5 heteroatoms. The quantitative estimate of drug-likeness (QED) is 0.433. The number of nitrogen functional groups attached to an aromatic ring is 2. The minimum atomic E-state index is -0.323. The van der Waals surface area contributed by atoms with Gasteiger partial charge in [0.25, 0.3) is 0 Å². The van der Waals surface area contributed by atoms with Gasteiger partial charge in [-0.05, 0) is 36.1 Å². The molecule has 0 unspecified atom stereocenters. The smallest absolute Gasteiger partial charge is 0.143 e. The third kappa shape index (κ3) is 4.22. The van der Waals surface area contributed by atoms with Gasteiger partial charge in [0.1, 0.15) is 24.0 Å². The maximum atomic E-state index is 13.7. The van der Waals surface area contributed by atoms with Gasteiger partial charge >= 0.3 is 0 Å². The van der Waals surface area contributed by atoms with Crippen molar-refractivity contribution >= 4 is 11.5 Å². The van der Waals surface area contributed by atoms with E-state index in [0.717, 1.165) is 12.0 Å². The Bertz CT molecular complexity index is 713. The Morgan fingerprint density at radius 2 is 1.96 bits per heavy atom. The number of anilines is 1. The van der Waals surface area contributed by atoms with Crippen LogP contribution in [0.2, 0.25) is 0 Å². The van der Waals surface area contributed by atoms with Crippen LogP contribution in [0, 0.1) is 17.1 Å². The van der Waals surface area contributed by atoms with E-state index >= 15 is 0 Å². The van der Waals surface area contributed by atoms with Crippen molar-refractivity contribution in [3.05, 3.63) is 58.9 Å². The van der Waals surface area contributed by atoms with Crippen LogP contribution in [0.5, 0.6) is 5.75 Å². The lowest BCUT2D eigenvalue weighted by molar-refractivity contribution is 0.301. The molecular formula is C18H22FN3O. The number of nitrogens with two attached hydrogens (primary N) is 2. The molecule has 4 nitrogen and oxygen atoms in total. The summed E-state index contributed by atoms with van der Waals surface area (Å²) in [5, 5.41) is 7.66. The van der Waals surface area contributed by atoms with Crippen LogP contribution in [0.1, 0.15) is 30.5 Å². The lowest BCUT2D eigenvalue weighted by atomic mass is 9.99. The Hall–Kier alpha value is -2.56. The predicted octanol–water partition coefficient (Wildman–Crippen LogP) is 3.47. The van der Waals surface area contributed by atoms with Crippen LogP contribution >= 0.6 is 0 Å². The zero-order chi connectivity index (χ0) is 17.0. The van der Waals surface area contributed by atoms with Gasteiger partial charge in [-0.3, -0.25) is 5.41 Å². The zero-order valence-corrected chi connectivity index (χ0v) is 13.4. The second-order valence-electron chi connectivity index (χ2n) is 5.95. The van der Waals surface area contributed by atoms with Gasteiger partial charge < -0.3 is 16.2 Å². The Kier molecular flexibility index (Phi) is 5.21. The molecule has 122 valence electrons. The molecule has 2 aromatic carbocycles. The van der Waals surface area contributed by atoms with E-state index < -0.39 is 0 Å². The first-order valence-corrected chi connectivity index (χ1v) is 7.51. The summed E-state index contributed by atoms with van der Waals surface area (Å²) >= 11 is 0. The zero-order valence-electron chi connectivity index (χ0n) is 13.4. The summed E-state index contributed by atoms with van der Waals surface area (Å²) in [5.41, 5.74) is 13.8. The van der Waals surface area contributed by atoms with Crippen LogP contribution in [-0.4, -0.2) is 5.84 Å². The minimum Gasteiger partial charge on any atom is -0.487 e. The van der Waals surface area contributed by atoms with Gasteiger partial charge in [0, 0.05) is 11.1 Å². The van der Waals surface area contributed by atoms with Crippen LogP contribution in [0.3, 0.4) is 0 Å². The molecule has 0 fully saturated rings. The number of hydrogen-bond acceptors (Lipinski definition) is 3. The fourth-order valence-electron chi connectivity index (χ4n) is 2.39. The van der Waals surface area contributed by atoms with Crippen molar-refractivity contribution in [1.29, 1.82) is 5.41 Å². The number of benzene rings is 2. The van der Waals surface area contributed by atoms with Crippen LogP contribution in [0.15, 0.2) is 36.4 Å². The highest BCUT2D eigenvalue weighted by molar-refractivity contribution is 6.01. The molecule has 0 saturated carbocycles. The van der Waals surface area contributed by atoms with E-state index in [-0.39, 0.29) is 18.3 Å². The maximum absolute atomic E-state index is 13.7. The second-order valence-corrected chi connectivity index (χ2v) is 5.95. The van der Waals surface area contributed by atoms with E-state index in [1.165, 1.54) is 6.07 Å². The summed E-state index contributed by atoms with van der Waals surface area (Å²) in [5.74, 6) is 0.439. The largest absolute Gasteiger partial charge is 0.487 e. The average Bonchev–Trinajstić information content (AvgIpc) is 2.48. The molecule has 0 bridgehead atoms. The van der Waals surface area contributed by atoms with E-state index in [4.69, 9.17) is 21.6 Å². The van der Waals surface area contributed by atoms with Crippen molar-refractivity contribution in [2.24, 2.45) is 11.7 Å². The van der Waals surface area contributed by atoms with Gasteiger partial charge in [-0.1, -0.05) is 32.0 Å². The number of amidine groups is 1. The third-order valence-electron chi connectivity index (χ3n) is 3.48. The number of rotatable bonds is 6. The molecule has 0 aromatic heterocycles. The number of hydrogen-bond donors (Lipinski definition) is 3. The summed E-state index contributed by atoms with van der Waals surface area (Å²) in [4.78, 5) is 0. The normalized spacial score (nSPS) is 10.8. The Balaban J connectivity index is 2.31. The highest BCUT2D eigenvalue weighted by atomic mass is 19.1. The minimum absolute atomic E-state index is 0.0688. The summed E-state index contributed by atoms with van der Waals surface area (Å²) in [7, 11) is 0. The topological polar surface area (TPSA) is 85.1 Å². The molecule has 0 spiro atoms. The average molecular weight is 315 g/mol. The highest BCUT2D eigenvalue weighted by Gasteiger charge is 2.13. The summed E-state index contributed by atoms with van der Waals surface area (Å²) in [6, 6.07) is 10.1. The first-order valence-electron chi connectivity index (χ1n) is 7.51. The van der Waals surface area contributed by atoms with E-state index in [0.29, 0.717) is 28.5 Å². The van der Waals surface area contributed by atoms with Gasteiger partial charge in [-0.2, -0.15) is 0 Å². The molecule has 0 heterocycles. The van der Waals surface area contributed by atoms with Crippen LogP contribution in [0.25, 0.3) is 0 Å². The lowest BCUT2D eigenvalue weighted by Crippen LogP contribution is -2.15. The summed E-state index contributed by atoms with van der Waals surface area (Å²) < 4.78 is 19.4. The van der Waals surface area contributed by atoms with Crippen molar-refractivity contribution in [1.82, 2.24) is 0 Å². The summed E-state index contributed by atoms with van der Waals surface area (Å²) in [6.07, 6.45) is 0.816. The van der Waals surface area contributed by atoms with Crippen molar-refractivity contribution in [3.8, 4) is 5.75 Å². The monoisotopic (exact) mass is 315 g/mol. The van der Waals surface area contributed by atoms with Gasteiger partial charge in [0.05, 0.1) is 5.69 Å². The molecule has 0 saturated heterocycles.